The van der Waals surface area contributed by atoms with Crippen molar-refractivity contribution in [2.24, 2.45) is 0 Å². The molecule has 0 bridgehead atoms. The first-order chi connectivity index (χ1) is 10.6. The normalized spacial score (nSPS) is 19.5. The minimum atomic E-state index is -1.39. The van der Waals surface area contributed by atoms with Gasteiger partial charge in [0.25, 0.3) is 5.69 Å². The molecule has 0 amide bonds. The van der Waals surface area contributed by atoms with Crippen LogP contribution in [0.2, 0.25) is 0 Å². The van der Waals surface area contributed by atoms with Crippen molar-refractivity contribution in [2.75, 3.05) is 13.6 Å². The third-order valence-corrected chi connectivity index (χ3v) is 3.90. The maximum atomic E-state index is 11.3. The van der Waals surface area contributed by atoms with Crippen molar-refractivity contribution < 1.29 is 14.8 Å². The summed E-state index contributed by atoms with van der Waals surface area (Å²) in [6, 6.07) is 11.7. The molecular formula is C16H16N2O4. The zero-order chi connectivity index (χ0) is 15.7. The number of nitrogens with zero attached hydrogens (tertiary/aromatic N) is 1. The summed E-state index contributed by atoms with van der Waals surface area (Å²) in [6.07, 6.45) is 0. The molecule has 6 heteroatoms. The number of nitro groups is 1. The van der Waals surface area contributed by atoms with Crippen molar-refractivity contribution >= 4 is 5.69 Å². The lowest BCUT2D eigenvalue weighted by Gasteiger charge is -2.29. The first-order valence-corrected chi connectivity index (χ1v) is 6.93. The van der Waals surface area contributed by atoms with E-state index in [1.807, 2.05) is 12.1 Å². The van der Waals surface area contributed by atoms with E-state index in [-0.39, 0.29) is 18.8 Å². The van der Waals surface area contributed by atoms with E-state index in [4.69, 9.17) is 4.74 Å². The van der Waals surface area contributed by atoms with Crippen molar-refractivity contribution in [2.45, 2.75) is 12.2 Å². The molecule has 0 fully saturated rings. The Labute approximate surface area is 127 Å². The topological polar surface area (TPSA) is 84.6 Å². The van der Waals surface area contributed by atoms with E-state index < -0.39 is 10.5 Å². The summed E-state index contributed by atoms with van der Waals surface area (Å²) < 4.78 is 5.76. The fraction of sp³-hybridized carbons (Fsp3) is 0.250. The molecule has 22 heavy (non-hydrogen) atoms. The number of nitrogens with one attached hydrogen (secondary N) is 1. The predicted octanol–water partition coefficient (Wildman–Crippen LogP) is 1.94. The maximum Gasteiger partial charge on any atom is 0.269 e. The number of hydrogen-bond acceptors (Lipinski definition) is 5. The molecule has 2 aromatic carbocycles. The summed E-state index contributed by atoms with van der Waals surface area (Å²) in [5, 5.41) is 25.3. The molecule has 2 aromatic rings. The number of non-ortho nitro benzene ring substituents is 1. The quantitative estimate of drug-likeness (QED) is 0.668. The van der Waals surface area contributed by atoms with E-state index in [0.717, 1.165) is 5.56 Å². The van der Waals surface area contributed by atoms with Crippen LogP contribution in [0.4, 0.5) is 5.69 Å². The average molecular weight is 300 g/mol. The molecule has 0 aromatic heterocycles. The van der Waals surface area contributed by atoms with Crippen molar-refractivity contribution in [3.05, 3.63) is 69.3 Å². The van der Waals surface area contributed by atoms with Gasteiger partial charge in [-0.15, -0.1) is 0 Å². The third-order valence-electron chi connectivity index (χ3n) is 3.90. The van der Waals surface area contributed by atoms with Crippen molar-refractivity contribution in [1.29, 1.82) is 0 Å². The Hall–Kier alpha value is -2.44. The number of para-hydroxylation sites is 1. The molecule has 0 spiro atoms. The molecule has 0 aliphatic carbocycles. The van der Waals surface area contributed by atoms with Gasteiger partial charge < -0.3 is 15.2 Å². The minimum absolute atomic E-state index is 0.0485. The minimum Gasteiger partial charge on any atom is -0.488 e. The molecule has 1 heterocycles. The lowest BCUT2D eigenvalue weighted by atomic mass is 9.83. The number of ether oxygens (including phenoxy) is 1. The second-order valence-corrected chi connectivity index (χ2v) is 5.27. The zero-order valence-electron chi connectivity index (χ0n) is 12.1. The smallest absolute Gasteiger partial charge is 0.269 e. The fourth-order valence-electron chi connectivity index (χ4n) is 2.87. The Bertz CT molecular complexity index is 732. The number of likely N-dealkylation sites (N-methyl/N-ethyl adjacent to an activating group) is 1. The highest BCUT2D eigenvalue weighted by Gasteiger charge is 2.38. The summed E-state index contributed by atoms with van der Waals surface area (Å²) in [5.74, 6) is 0.583. The SMILES string of the molecule is CNCC1(O)c2cc([N+](=O)[O-])ccc2COc2ccccc21. The lowest BCUT2D eigenvalue weighted by Crippen LogP contribution is -2.38. The fourth-order valence-corrected chi connectivity index (χ4v) is 2.87. The van der Waals surface area contributed by atoms with Gasteiger partial charge in [0.15, 0.2) is 0 Å². The predicted molar refractivity (Wildman–Crippen MR) is 80.8 cm³/mol. The van der Waals surface area contributed by atoms with Crippen LogP contribution in [-0.2, 0) is 12.2 Å². The Kier molecular flexibility index (Phi) is 3.56. The van der Waals surface area contributed by atoms with E-state index in [0.29, 0.717) is 16.9 Å². The van der Waals surface area contributed by atoms with Gasteiger partial charge >= 0.3 is 0 Å². The van der Waals surface area contributed by atoms with Crippen LogP contribution in [0.3, 0.4) is 0 Å². The van der Waals surface area contributed by atoms with E-state index in [1.54, 1.807) is 25.2 Å². The summed E-state index contributed by atoms with van der Waals surface area (Å²) in [7, 11) is 1.73. The van der Waals surface area contributed by atoms with Crippen LogP contribution in [0.15, 0.2) is 42.5 Å². The second kappa shape index (κ2) is 5.40. The molecule has 2 N–H and O–H groups in total. The van der Waals surface area contributed by atoms with E-state index in [1.165, 1.54) is 12.1 Å². The summed E-state index contributed by atoms with van der Waals surface area (Å²) in [6.45, 7) is 0.484. The Morgan fingerprint density at radius 2 is 2.09 bits per heavy atom. The van der Waals surface area contributed by atoms with Crippen molar-refractivity contribution in [3.8, 4) is 5.75 Å². The number of rotatable bonds is 3. The number of hydrogen-bond donors (Lipinski definition) is 2. The molecule has 1 atom stereocenters. The first-order valence-electron chi connectivity index (χ1n) is 6.93. The lowest BCUT2D eigenvalue weighted by molar-refractivity contribution is -0.385. The number of aliphatic hydroxyl groups is 1. The van der Waals surface area contributed by atoms with Gasteiger partial charge in [-0.1, -0.05) is 18.2 Å². The van der Waals surface area contributed by atoms with E-state index in [2.05, 4.69) is 5.32 Å². The summed E-state index contributed by atoms with van der Waals surface area (Å²) >= 11 is 0. The van der Waals surface area contributed by atoms with Gasteiger partial charge in [-0.3, -0.25) is 10.1 Å². The molecule has 0 saturated carbocycles. The number of benzene rings is 2. The highest BCUT2D eigenvalue weighted by Crippen LogP contribution is 2.41. The van der Waals surface area contributed by atoms with Crippen molar-refractivity contribution in [3.63, 3.8) is 0 Å². The molecule has 114 valence electrons. The van der Waals surface area contributed by atoms with Crippen LogP contribution in [-0.4, -0.2) is 23.6 Å². The van der Waals surface area contributed by atoms with Crippen LogP contribution in [0.5, 0.6) is 5.75 Å². The van der Waals surface area contributed by atoms with Gasteiger partial charge in [0, 0.05) is 29.8 Å². The van der Waals surface area contributed by atoms with Crippen LogP contribution in [0.25, 0.3) is 0 Å². The number of fused-ring (bicyclic) bond motifs is 2. The van der Waals surface area contributed by atoms with E-state index in [9.17, 15) is 15.2 Å². The molecule has 0 saturated heterocycles. The highest BCUT2D eigenvalue weighted by molar-refractivity contribution is 5.52. The van der Waals surface area contributed by atoms with Crippen LogP contribution < -0.4 is 10.1 Å². The second-order valence-electron chi connectivity index (χ2n) is 5.27. The Balaban J connectivity index is 2.26. The monoisotopic (exact) mass is 300 g/mol. The molecule has 0 radical (unpaired) electrons. The van der Waals surface area contributed by atoms with Crippen LogP contribution >= 0.6 is 0 Å². The van der Waals surface area contributed by atoms with Crippen LogP contribution in [0.1, 0.15) is 16.7 Å². The van der Waals surface area contributed by atoms with Crippen molar-refractivity contribution in [1.82, 2.24) is 5.32 Å². The summed E-state index contributed by atoms with van der Waals surface area (Å²) in [5.41, 5.74) is 0.403. The first kappa shape index (κ1) is 14.5. The molecule has 1 aliphatic heterocycles. The van der Waals surface area contributed by atoms with Crippen LogP contribution in [0, 0.1) is 10.1 Å². The van der Waals surface area contributed by atoms with Gasteiger partial charge in [-0.25, -0.2) is 0 Å². The third kappa shape index (κ3) is 2.22. The van der Waals surface area contributed by atoms with Gasteiger partial charge in [0.05, 0.1) is 4.92 Å². The van der Waals surface area contributed by atoms with E-state index >= 15 is 0 Å². The highest BCUT2D eigenvalue weighted by atomic mass is 16.6. The molecule has 1 aliphatic rings. The standard InChI is InChI=1S/C16H16N2O4/c1-17-10-16(19)13-4-2-3-5-15(13)22-9-11-6-7-12(18(20)21)8-14(11)16/h2-8,17,19H,9-10H2,1H3. The van der Waals surface area contributed by atoms with Gasteiger partial charge in [-0.05, 0) is 24.7 Å². The van der Waals surface area contributed by atoms with Gasteiger partial charge in [0.1, 0.15) is 18.0 Å². The Morgan fingerprint density at radius 1 is 1.32 bits per heavy atom. The average Bonchev–Trinajstić information content (AvgIpc) is 2.64. The van der Waals surface area contributed by atoms with Gasteiger partial charge in [-0.2, -0.15) is 0 Å². The molecule has 6 nitrogen and oxygen atoms in total. The Morgan fingerprint density at radius 3 is 2.82 bits per heavy atom. The molecule has 3 rings (SSSR count). The zero-order valence-corrected chi connectivity index (χ0v) is 12.1. The summed E-state index contributed by atoms with van der Waals surface area (Å²) in [4.78, 5) is 10.6. The number of nitro benzene ring substituents is 1. The van der Waals surface area contributed by atoms with Gasteiger partial charge in [0.2, 0.25) is 0 Å². The molecular weight excluding hydrogens is 284 g/mol. The largest absolute Gasteiger partial charge is 0.488 e. The molecule has 1 unspecified atom stereocenters. The maximum absolute atomic E-state index is 11.3.